The molecule has 13 rings (SSSR count). The molecule has 78 heavy (non-hydrogen) atoms. The summed E-state index contributed by atoms with van der Waals surface area (Å²) in [4.78, 5) is 0. The Morgan fingerprint density at radius 2 is 0.333 bits per heavy atom. The lowest BCUT2D eigenvalue weighted by atomic mass is 9.85. The Balaban J connectivity index is 1.07. The first-order valence-electron chi connectivity index (χ1n) is 26.5. The molecule has 0 spiro atoms. The molecule has 6 aromatic heterocycles. The van der Waals surface area contributed by atoms with Crippen molar-refractivity contribution in [3.63, 3.8) is 0 Å². The largest absolute Gasteiger partial charge is 0.249 e. The van der Waals surface area contributed by atoms with Gasteiger partial charge in [-0.3, -0.25) is 0 Å². The Morgan fingerprint density at radius 3 is 0.474 bits per heavy atom. The molecule has 12 heteroatoms. The number of aromatic nitrogens is 12. The molecular weight excluding hydrogens is 961 g/mol. The molecule has 0 N–H and O–H groups in total. The second kappa shape index (κ2) is 21.6. The quantitative estimate of drug-likeness (QED) is 0.0776. The molecule has 0 unspecified atom stereocenters. The highest BCUT2D eigenvalue weighted by atomic mass is 15.2. The van der Waals surface area contributed by atoms with Crippen molar-refractivity contribution in [2.24, 2.45) is 0 Å². The van der Waals surface area contributed by atoms with E-state index in [-0.39, 0.29) is 0 Å². The first kappa shape index (κ1) is 47.5. The van der Waals surface area contributed by atoms with Crippen LogP contribution in [0.25, 0.3) is 34.1 Å². The predicted octanol–water partition coefficient (Wildman–Crippen LogP) is 8.45. The lowest BCUT2D eigenvalue weighted by Crippen LogP contribution is -2.44. The number of imidazole rings is 6. The molecule has 0 aliphatic rings. The standard InChI is InChI=1S/C66H60N12/c1-7-19-55(20-8-1)73-37-31-67(49-73)43-61-62(44-68-32-38-74(50-68)56-21-9-2-10-22-56)64(46-70-34-40-76(52-70)58-25-13-4-14-26-58)66(48-72-36-42-78(54-72)60-29-17-6-18-30-60)65(47-71-35-41-77(53-71)59-27-15-5-16-28-59)63(61)45-69-33-39-75(51-69)57-23-11-3-12-24-57/h1-42,49-54H,43-48H2/q+6. The van der Waals surface area contributed by atoms with Gasteiger partial charge in [-0.2, -0.15) is 0 Å². The summed E-state index contributed by atoms with van der Waals surface area (Å²) in [6.45, 7) is 3.80. The zero-order valence-electron chi connectivity index (χ0n) is 43.3. The molecule has 378 valence electrons. The molecule has 6 heterocycles. The summed E-state index contributed by atoms with van der Waals surface area (Å²) < 4.78 is 27.5. The van der Waals surface area contributed by atoms with Crippen molar-refractivity contribution in [1.82, 2.24) is 27.4 Å². The smallest absolute Gasteiger partial charge is 0.232 e. The first-order valence-corrected chi connectivity index (χ1v) is 26.5. The van der Waals surface area contributed by atoms with Crippen LogP contribution in [-0.2, 0) is 39.3 Å². The summed E-state index contributed by atoms with van der Waals surface area (Å²) in [5.41, 5.74) is 14.4. The molecular formula is C66H60N12+6. The van der Waals surface area contributed by atoms with Crippen LogP contribution in [0.4, 0.5) is 0 Å². The second-order valence-electron chi connectivity index (χ2n) is 19.8. The average molecular weight is 1020 g/mol. The van der Waals surface area contributed by atoms with Gasteiger partial charge in [-0.15, -0.1) is 0 Å². The van der Waals surface area contributed by atoms with Crippen molar-refractivity contribution >= 4 is 0 Å². The van der Waals surface area contributed by atoms with Crippen molar-refractivity contribution in [2.75, 3.05) is 0 Å². The molecule has 7 aromatic carbocycles. The molecule has 0 aliphatic carbocycles. The number of rotatable bonds is 18. The van der Waals surface area contributed by atoms with Gasteiger partial charge in [0.05, 0.1) is 0 Å². The van der Waals surface area contributed by atoms with Crippen LogP contribution in [0.3, 0.4) is 0 Å². The van der Waals surface area contributed by atoms with E-state index in [2.05, 4.69) is 349 Å². The molecule has 0 atom stereocenters. The van der Waals surface area contributed by atoms with Crippen LogP contribution in [0.15, 0.2) is 294 Å². The fourth-order valence-electron chi connectivity index (χ4n) is 10.8. The summed E-state index contributed by atoms with van der Waals surface area (Å²) in [5, 5.41) is 0. The van der Waals surface area contributed by atoms with Crippen molar-refractivity contribution < 1.29 is 27.4 Å². The maximum atomic E-state index is 2.36. The lowest BCUT2D eigenvalue weighted by Gasteiger charge is -2.24. The molecule has 0 saturated carbocycles. The number of nitrogens with zero attached hydrogens (tertiary/aromatic N) is 12. The molecule has 13 aromatic rings. The number of benzene rings is 7. The van der Waals surface area contributed by atoms with Crippen LogP contribution in [0.2, 0.25) is 0 Å². The van der Waals surface area contributed by atoms with Crippen LogP contribution in [0.5, 0.6) is 0 Å². The molecule has 0 bridgehead atoms. The topological polar surface area (TPSA) is 52.9 Å². The van der Waals surface area contributed by atoms with Gasteiger partial charge in [0.2, 0.25) is 38.0 Å². The molecule has 0 amide bonds. The second-order valence-corrected chi connectivity index (χ2v) is 19.8. The Labute approximate surface area is 453 Å². The van der Waals surface area contributed by atoms with E-state index < -0.39 is 0 Å². The minimum absolute atomic E-state index is 0.633. The van der Waals surface area contributed by atoms with Crippen molar-refractivity contribution in [3.8, 4) is 34.1 Å². The maximum Gasteiger partial charge on any atom is 0.249 e. The molecule has 0 aliphatic heterocycles. The third-order valence-electron chi connectivity index (χ3n) is 14.7. The maximum absolute atomic E-state index is 2.36. The van der Waals surface area contributed by atoms with Gasteiger partial charge in [0.25, 0.3) is 0 Å². The van der Waals surface area contributed by atoms with E-state index in [1.807, 2.05) is 0 Å². The highest BCUT2D eigenvalue weighted by molar-refractivity contribution is 5.51. The minimum atomic E-state index is 0.633. The Morgan fingerprint density at radius 1 is 0.192 bits per heavy atom. The van der Waals surface area contributed by atoms with Crippen molar-refractivity contribution in [3.05, 3.63) is 328 Å². The van der Waals surface area contributed by atoms with E-state index >= 15 is 0 Å². The SMILES string of the molecule is c1ccc(-n2cc[n+](Cc3c(C[n+]4ccn(-c5ccccc5)c4)c(C[n+]4ccn(-c5ccccc5)c4)c(C[n+]4ccn(-c5ccccc5)c4)c(C[n+]4ccn(-c5ccccc5)c4)c3C[n+]3ccn(-c4ccccc4)c3)c2)cc1. The monoisotopic (exact) mass is 1020 g/mol. The van der Waals surface area contributed by atoms with Gasteiger partial charge >= 0.3 is 0 Å². The highest BCUT2D eigenvalue weighted by Gasteiger charge is 2.32. The predicted molar refractivity (Wildman–Crippen MR) is 297 cm³/mol. The van der Waals surface area contributed by atoms with Crippen LogP contribution in [0, 0.1) is 0 Å². The molecule has 0 radical (unpaired) electrons. The van der Waals surface area contributed by atoms with E-state index in [9.17, 15) is 0 Å². The summed E-state index contributed by atoms with van der Waals surface area (Å²) in [6, 6.07) is 63.6. The van der Waals surface area contributed by atoms with Crippen LogP contribution in [0.1, 0.15) is 33.4 Å². The fraction of sp³-hybridized carbons (Fsp3) is 0.0909. The van der Waals surface area contributed by atoms with E-state index in [0.29, 0.717) is 39.3 Å². The Kier molecular flexibility index (Phi) is 13.1. The van der Waals surface area contributed by atoms with Gasteiger partial charge in [0, 0.05) is 33.4 Å². The minimum Gasteiger partial charge on any atom is -0.232 e. The van der Waals surface area contributed by atoms with Crippen LogP contribution in [-0.4, -0.2) is 27.4 Å². The first-order chi connectivity index (χ1) is 38.6. The zero-order chi connectivity index (χ0) is 52.0. The van der Waals surface area contributed by atoms with Gasteiger partial charge in [0.15, 0.2) is 0 Å². The molecule has 12 nitrogen and oxygen atoms in total. The summed E-state index contributed by atoms with van der Waals surface area (Å²) in [5.74, 6) is 0. The zero-order valence-corrected chi connectivity index (χ0v) is 43.3. The third-order valence-corrected chi connectivity index (χ3v) is 14.7. The van der Waals surface area contributed by atoms with Gasteiger partial charge in [0.1, 0.15) is 148 Å². The fourth-order valence-corrected chi connectivity index (χ4v) is 10.8. The number of para-hydroxylation sites is 6. The third kappa shape index (κ3) is 10.3. The molecule has 0 saturated heterocycles. The Bertz CT molecular complexity index is 3370. The van der Waals surface area contributed by atoms with Gasteiger partial charge in [-0.1, -0.05) is 109 Å². The average Bonchev–Trinajstić information content (AvgIpc) is 4.41. The van der Waals surface area contributed by atoms with Crippen molar-refractivity contribution in [2.45, 2.75) is 39.3 Å². The van der Waals surface area contributed by atoms with Gasteiger partial charge < -0.3 is 0 Å². The summed E-state index contributed by atoms with van der Waals surface area (Å²) >= 11 is 0. The van der Waals surface area contributed by atoms with E-state index in [1.54, 1.807) is 0 Å². The summed E-state index contributed by atoms with van der Waals surface area (Å²) in [6.07, 6.45) is 39.8. The van der Waals surface area contributed by atoms with Crippen LogP contribution < -0.4 is 27.4 Å². The van der Waals surface area contributed by atoms with E-state index in [0.717, 1.165) is 34.1 Å². The summed E-state index contributed by atoms with van der Waals surface area (Å²) in [7, 11) is 0. The van der Waals surface area contributed by atoms with Crippen molar-refractivity contribution in [1.29, 1.82) is 0 Å². The van der Waals surface area contributed by atoms with Gasteiger partial charge in [-0.05, 0) is 72.8 Å². The highest BCUT2D eigenvalue weighted by Crippen LogP contribution is 2.31. The molecule has 0 fully saturated rings. The Hall–Kier alpha value is -10.2. The number of hydrogen-bond donors (Lipinski definition) is 0. The van der Waals surface area contributed by atoms with E-state index in [1.165, 1.54) is 33.4 Å². The number of hydrogen-bond acceptors (Lipinski definition) is 0. The normalized spacial score (nSPS) is 11.4. The van der Waals surface area contributed by atoms with Crippen LogP contribution >= 0.6 is 0 Å². The van der Waals surface area contributed by atoms with Gasteiger partial charge in [-0.25, -0.2) is 54.8 Å². The lowest BCUT2D eigenvalue weighted by molar-refractivity contribution is -0.700. The van der Waals surface area contributed by atoms with E-state index in [4.69, 9.17) is 0 Å².